The number of aromatic hydroxyl groups is 1. The summed E-state index contributed by atoms with van der Waals surface area (Å²) in [4.78, 5) is 10.4. The standard InChI is InChI=1S/C9H8I2O4/c10-5-1-4(2-6(11)8(5)13)3-7(12)9(14)15/h1-2,7,12-13H,3H2,(H,14,15). The zero-order valence-corrected chi connectivity index (χ0v) is 11.8. The minimum Gasteiger partial charge on any atom is -0.506 e. The van der Waals surface area contributed by atoms with Crippen molar-refractivity contribution < 1.29 is 20.1 Å². The van der Waals surface area contributed by atoms with Crippen molar-refractivity contribution in [1.29, 1.82) is 0 Å². The maximum Gasteiger partial charge on any atom is 0.332 e. The van der Waals surface area contributed by atoms with Gasteiger partial charge in [-0.15, -0.1) is 0 Å². The first-order chi connectivity index (χ1) is 6.91. The molecule has 0 amide bonds. The van der Waals surface area contributed by atoms with Crippen LogP contribution in [0.3, 0.4) is 0 Å². The molecular weight excluding hydrogens is 426 g/mol. The summed E-state index contributed by atoms with van der Waals surface area (Å²) in [5.74, 6) is -1.06. The Morgan fingerprint density at radius 2 is 1.80 bits per heavy atom. The number of carbonyl (C=O) groups is 1. The number of halogens is 2. The first kappa shape index (κ1) is 13.0. The van der Waals surface area contributed by atoms with Crippen LogP contribution in [0.25, 0.3) is 0 Å². The largest absolute Gasteiger partial charge is 0.506 e. The van der Waals surface area contributed by atoms with Gasteiger partial charge in [0.1, 0.15) is 5.75 Å². The summed E-state index contributed by atoms with van der Waals surface area (Å²) < 4.78 is 1.29. The predicted molar refractivity (Wildman–Crippen MR) is 70.9 cm³/mol. The van der Waals surface area contributed by atoms with Crippen LogP contribution in [0.2, 0.25) is 0 Å². The molecule has 82 valence electrons. The maximum atomic E-state index is 10.4. The molecule has 0 bridgehead atoms. The summed E-state index contributed by atoms with van der Waals surface area (Å²) in [6, 6.07) is 3.31. The second kappa shape index (κ2) is 5.30. The fourth-order valence-corrected chi connectivity index (χ4v) is 2.94. The number of phenols is 1. The number of benzene rings is 1. The van der Waals surface area contributed by atoms with Gasteiger partial charge in [0.05, 0.1) is 7.14 Å². The van der Waals surface area contributed by atoms with Gasteiger partial charge < -0.3 is 15.3 Å². The summed E-state index contributed by atoms with van der Waals surface area (Å²) in [6.07, 6.45) is -1.36. The highest BCUT2D eigenvalue weighted by atomic mass is 127. The minimum atomic E-state index is -1.40. The molecule has 1 rings (SSSR count). The lowest BCUT2D eigenvalue weighted by Crippen LogP contribution is -2.22. The highest BCUT2D eigenvalue weighted by Crippen LogP contribution is 2.27. The number of hydrogen-bond donors (Lipinski definition) is 3. The van der Waals surface area contributed by atoms with Crippen LogP contribution in [0, 0.1) is 7.14 Å². The molecule has 6 heteroatoms. The predicted octanol–water partition coefficient (Wildman–Crippen LogP) is 1.59. The third-order valence-corrected chi connectivity index (χ3v) is 3.44. The molecule has 15 heavy (non-hydrogen) atoms. The van der Waals surface area contributed by atoms with Crippen molar-refractivity contribution in [2.24, 2.45) is 0 Å². The fraction of sp³-hybridized carbons (Fsp3) is 0.222. The van der Waals surface area contributed by atoms with Crippen molar-refractivity contribution in [1.82, 2.24) is 0 Å². The zero-order valence-electron chi connectivity index (χ0n) is 7.44. The van der Waals surface area contributed by atoms with Gasteiger partial charge in [-0.2, -0.15) is 0 Å². The number of carboxylic acid groups (broad SMARTS) is 1. The topological polar surface area (TPSA) is 77.8 Å². The van der Waals surface area contributed by atoms with Gasteiger partial charge in [-0.25, -0.2) is 4.79 Å². The normalized spacial score (nSPS) is 12.5. The Balaban J connectivity index is 2.92. The van der Waals surface area contributed by atoms with E-state index in [1.54, 1.807) is 12.1 Å². The lowest BCUT2D eigenvalue weighted by molar-refractivity contribution is -0.146. The Morgan fingerprint density at radius 1 is 1.33 bits per heavy atom. The van der Waals surface area contributed by atoms with Crippen molar-refractivity contribution in [2.75, 3.05) is 0 Å². The molecule has 0 aromatic heterocycles. The number of hydrogen-bond acceptors (Lipinski definition) is 3. The first-order valence-electron chi connectivity index (χ1n) is 3.99. The lowest BCUT2D eigenvalue weighted by Gasteiger charge is -2.08. The molecule has 4 nitrogen and oxygen atoms in total. The molecule has 1 aromatic carbocycles. The van der Waals surface area contributed by atoms with Gasteiger partial charge in [-0.3, -0.25) is 0 Å². The van der Waals surface area contributed by atoms with Crippen LogP contribution in [0.4, 0.5) is 0 Å². The molecule has 1 aromatic rings. The molecule has 0 aliphatic rings. The number of aliphatic carboxylic acids is 1. The van der Waals surface area contributed by atoms with Gasteiger partial charge in [0.15, 0.2) is 6.10 Å². The van der Waals surface area contributed by atoms with E-state index in [0.717, 1.165) is 0 Å². The Bertz CT molecular complexity index is 369. The minimum absolute atomic E-state index is 0.0433. The van der Waals surface area contributed by atoms with Crippen LogP contribution in [0.15, 0.2) is 12.1 Å². The average molecular weight is 434 g/mol. The average Bonchev–Trinajstić information content (AvgIpc) is 2.13. The second-order valence-corrected chi connectivity index (χ2v) is 5.29. The SMILES string of the molecule is O=C(O)C(O)Cc1cc(I)c(O)c(I)c1. The Hall–Kier alpha value is -0.0900. The van der Waals surface area contributed by atoms with E-state index < -0.39 is 12.1 Å². The molecule has 0 spiro atoms. The molecular formula is C9H8I2O4. The molecule has 0 heterocycles. The Kier molecular flexibility index (Phi) is 4.59. The molecule has 0 aliphatic carbocycles. The Labute approximate surface area is 114 Å². The smallest absolute Gasteiger partial charge is 0.332 e. The third-order valence-electron chi connectivity index (χ3n) is 1.79. The molecule has 0 fully saturated rings. The monoisotopic (exact) mass is 434 g/mol. The van der Waals surface area contributed by atoms with E-state index >= 15 is 0 Å². The van der Waals surface area contributed by atoms with Crippen LogP contribution >= 0.6 is 45.2 Å². The highest BCUT2D eigenvalue weighted by molar-refractivity contribution is 14.1. The van der Waals surface area contributed by atoms with E-state index in [1.807, 2.05) is 45.2 Å². The molecule has 3 N–H and O–H groups in total. The van der Waals surface area contributed by atoms with E-state index in [1.165, 1.54) is 0 Å². The van der Waals surface area contributed by atoms with Crippen LogP contribution < -0.4 is 0 Å². The maximum absolute atomic E-state index is 10.4. The first-order valence-corrected chi connectivity index (χ1v) is 6.15. The molecule has 0 saturated heterocycles. The number of aliphatic hydroxyl groups is 1. The molecule has 0 saturated carbocycles. The van der Waals surface area contributed by atoms with Crippen LogP contribution in [-0.2, 0) is 11.2 Å². The number of rotatable bonds is 3. The second-order valence-electron chi connectivity index (χ2n) is 2.97. The van der Waals surface area contributed by atoms with Crippen molar-refractivity contribution in [2.45, 2.75) is 12.5 Å². The quantitative estimate of drug-likeness (QED) is 0.632. The molecule has 1 atom stereocenters. The van der Waals surface area contributed by atoms with E-state index in [-0.39, 0.29) is 12.2 Å². The molecule has 0 aliphatic heterocycles. The van der Waals surface area contributed by atoms with Gasteiger partial charge in [0, 0.05) is 6.42 Å². The molecule has 1 unspecified atom stereocenters. The van der Waals surface area contributed by atoms with Gasteiger partial charge in [0.2, 0.25) is 0 Å². The van der Waals surface area contributed by atoms with Crippen molar-refractivity contribution in [3.8, 4) is 5.75 Å². The highest BCUT2D eigenvalue weighted by Gasteiger charge is 2.15. The lowest BCUT2D eigenvalue weighted by atomic mass is 10.1. The van der Waals surface area contributed by atoms with Crippen molar-refractivity contribution >= 4 is 51.2 Å². The van der Waals surface area contributed by atoms with Gasteiger partial charge in [-0.1, -0.05) is 0 Å². The van der Waals surface area contributed by atoms with Crippen LogP contribution in [-0.4, -0.2) is 27.4 Å². The van der Waals surface area contributed by atoms with Gasteiger partial charge in [-0.05, 0) is 62.9 Å². The summed E-state index contributed by atoms with van der Waals surface area (Å²) in [5.41, 5.74) is 0.691. The summed E-state index contributed by atoms with van der Waals surface area (Å²) >= 11 is 3.91. The third kappa shape index (κ3) is 3.45. The van der Waals surface area contributed by atoms with Crippen LogP contribution in [0.5, 0.6) is 5.75 Å². The number of carboxylic acids is 1. The Morgan fingerprint density at radius 3 is 2.20 bits per heavy atom. The molecule has 0 radical (unpaired) electrons. The van der Waals surface area contributed by atoms with Gasteiger partial charge >= 0.3 is 5.97 Å². The van der Waals surface area contributed by atoms with E-state index in [2.05, 4.69) is 0 Å². The fourth-order valence-electron chi connectivity index (χ4n) is 1.05. The van der Waals surface area contributed by atoms with Crippen molar-refractivity contribution in [3.63, 3.8) is 0 Å². The van der Waals surface area contributed by atoms with E-state index in [9.17, 15) is 9.90 Å². The van der Waals surface area contributed by atoms with Crippen molar-refractivity contribution in [3.05, 3.63) is 24.8 Å². The summed E-state index contributed by atoms with van der Waals surface area (Å²) in [7, 11) is 0. The summed E-state index contributed by atoms with van der Waals surface area (Å²) in [6.45, 7) is 0. The number of phenolic OH excluding ortho intramolecular Hbond substituents is 1. The van der Waals surface area contributed by atoms with E-state index in [4.69, 9.17) is 10.2 Å². The zero-order chi connectivity index (χ0) is 11.6. The van der Waals surface area contributed by atoms with Gasteiger partial charge in [0.25, 0.3) is 0 Å². The van der Waals surface area contributed by atoms with E-state index in [0.29, 0.717) is 12.7 Å². The van der Waals surface area contributed by atoms with Crippen LogP contribution in [0.1, 0.15) is 5.56 Å². The number of aliphatic hydroxyl groups excluding tert-OH is 1. The summed E-state index contributed by atoms with van der Waals surface area (Å²) in [5, 5.41) is 27.2.